The van der Waals surface area contributed by atoms with Gasteiger partial charge in [-0.2, -0.15) is 15.2 Å². The van der Waals surface area contributed by atoms with Crippen molar-refractivity contribution in [1.82, 2.24) is 20.2 Å². The van der Waals surface area contributed by atoms with Gasteiger partial charge in [-0.25, -0.2) is 0 Å². The number of benzene rings is 2. The number of piperazine rings is 1. The van der Waals surface area contributed by atoms with E-state index in [2.05, 4.69) is 77.2 Å². The summed E-state index contributed by atoms with van der Waals surface area (Å²) in [5.41, 5.74) is 3.20. The monoisotopic (exact) mass is 551 g/mol. The first kappa shape index (κ1) is 27.0. The number of carbonyl (C=O) groups is 1. The number of hydrogen-bond donors (Lipinski definition) is 1. The number of nitrogens with zero attached hydrogens (tertiary/aromatic N) is 6. The maximum absolute atomic E-state index is 12.5. The van der Waals surface area contributed by atoms with Crippen LogP contribution in [0.4, 0.5) is 11.5 Å². The molecule has 0 radical (unpaired) electrons. The normalized spacial score (nSPS) is 22.3. The van der Waals surface area contributed by atoms with Gasteiger partial charge in [0.1, 0.15) is 12.4 Å². The van der Waals surface area contributed by atoms with Crippen molar-refractivity contribution in [2.45, 2.75) is 50.7 Å². The Labute approximate surface area is 241 Å². The van der Waals surface area contributed by atoms with E-state index in [1.54, 1.807) is 4.90 Å². The summed E-state index contributed by atoms with van der Waals surface area (Å²) in [5.74, 6) is 0.724. The number of ether oxygens (including phenoxy) is 1. The van der Waals surface area contributed by atoms with Gasteiger partial charge in [0, 0.05) is 48.4 Å². The first-order valence-corrected chi connectivity index (χ1v) is 14.5. The van der Waals surface area contributed by atoms with E-state index in [1.165, 1.54) is 22.5 Å². The fraction of sp³-hybridized carbons (Fsp3) is 0.438. The van der Waals surface area contributed by atoms with Crippen molar-refractivity contribution >= 4 is 28.2 Å². The van der Waals surface area contributed by atoms with Crippen LogP contribution in [0.15, 0.2) is 55.1 Å². The van der Waals surface area contributed by atoms with Gasteiger partial charge in [0.15, 0.2) is 0 Å². The lowest BCUT2D eigenvalue weighted by atomic mass is 10.0. The van der Waals surface area contributed by atoms with Crippen molar-refractivity contribution < 1.29 is 9.53 Å². The molecule has 3 aromatic rings. The van der Waals surface area contributed by atoms with E-state index in [9.17, 15) is 10.1 Å². The molecule has 1 amide bonds. The highest BCUT2D eigenvalue weighted by molar-refractivity contribution is 5.94. The van der Waals surface area contributed by atoms with Gasteiger partial charge in [0.25, 0.3) is 0 Å². The average Bonchev–Trinajstić information content (AvgIpc) is 3.45. The number of carbonyl (C=O) groups excluding carboxylic acids is 1. The van der Waals surface area contributed by atoms with Crippen LogP contribution < -0.4 is 19.9 Å². The molecular weight excluding hydrogens is 514 g/mol. The Balaban J connectivity index is 1.33. The minimum atomic E-state index is -0.230. The molecule has 1 unspecified atom stereocenters. The van der Waals surface area contributed by atoms with Crippen LogP contribution in [0.5, 0.6) is 6.01 Å². The molecule has 3 aliphatic heterocycles. The molecule has 9 nitrogen and oxygen atoms in total. The molecule has 0 bridgehead atoms. The second-order valence-corrected chi connectivity index (χ2v) is 11.5. The Kier molecular flexibility index (Phi) is 7.50. The molecule has 0 saturated carbocycles. The van der Waals surface area contributed by atoms with E-state index in [0.717, 1.165) is 49.4 Å². The van der Waals surface area contributed by atoms with Crippen LogP contribution in [0.3, 0.4) is 0 Å². The lowest BCUT2D eigenvalue weighted by molar-refractivity contribution is -0.128. The van der Waals surface area contributed by atoms with Crippen molar-refractivity contribution in [3.05, 3.63) is 66.4 Å². The molecule has 1 aromatic heterocycles. The van der Waals surface area contributed by atoms with Crippen LogP contribution in [0.1, 0.15) is 37.4 Å². The molecule has 212 valence electrons. The average molecular weight is 552 g/mol. The van der Waals surface area contributed by atoms with Crippen molar-refractivity contribution in [1.29, 1.82) is 5.26 Å². The van der Waals surface area contributed by atoms with Crippen molar-refractivity contribution in [2.75, 3.05) is 49.1 Å². The summed E-state index contributed by atoms with van der Waals surface area (Å²) < 4.78 is 6.29. The Morgan fingerprint density at radius 1 is 1.20 bits per heavy atom. The van der Waals surface area contributed by atoms with E-state index in [4.69, 9.17) is 14.7 Å². The lowest BCUT2D eigenvalue weighted by Gasteiger charge is -2.42. The second kappa shape index (κ2) is 11.4. The third kappa shape index (κ3) is 5.44. The maximum Gasteiger partial charge on any atom is 0.318 e. The Bertz CT molecular complexity index is 1490. The molecule has 4 heterocycles. The largest absolute Gasteiger partial charge is 0.461 e. The summed E-state index contributed by atoms with van der Waals surface area (Å²) in [4.78, 5) is 28.8. The number of fused-ring (bicyclic) bond motifs is 2. The molecule has 2 aromatic carbocycles. The van der Waals surface area contributed by atoms with Crippen LogP contribution in [0, 0.1) is 11.3 Å². The summed E-state index contributed by atoms with van der Waals surface area (Å²) in [6.45, 7) is 10.5. The van der Waals surface area contributed by atoms with E-state index >= 15 is 0 Å². The Morgan fingerprint density at radius 3 is 2.85 bits per heavy atom. The van der Waals surface area contributed by atoms with Gasteiger partial charge in [-0.1, -0.05) is 43.0 Å². The van der Waals surface area contributed by atoms with Gasteiger partial charge in [0.2, 0.25) is 5.91 Å². The van der Waals surface area contributed by atoms with Gasteiger partial charge < -0.3 is 24.8 Å². The third-order valence-electron chi connectivity index (χ3n) is 8.67. The van der Waals surface area contributed by atoms with Crippen molar-refractivity contribution in [2.24, 2.45) is 0 Å². The number of aromatic nitrogens is 2. The highest BCUT2D eigenvalue weighted by Gasteiger charge is 2.34. The topological polar surface area (TPSA) is 97.6 Å². The fourth-order valence-corrected chi connectivity index (χ4v) is 6.44. The van der Waals surface area contributed by atoms with Gasteiger partial charge in [-0.15, -0.1) is 0 Å². The highest BCUT2D eigenvalue weighted by Crippen LogP contribution is 2.35. The first-order valence-electron chi connectivity index (χ1n) is 14.5. The minimum absolute atomic E-state index is 0.0943. The van der Waals surface area contributed by atoms with Crippen LogP contribution in [-0.4, -0.2) is 71.7 Å². The third-order valence-corrected chi connectivity index (χ3v) is 8.67. The zero-order chi connectivity index (χ0) is 28.4. The molecule has 2 atom stereocenters. The number of nitriles is 1. The highest BCUT2D eigenvalue weighted by atomic mass is 16.5. The molecule has 6 rings (SSSR count). The molecule has 2 fully saturated rings. The lowest BCUT2D eigenvalue weighted by Crippen LogP contribution is -2.55. The minimum Gasteiger partial charge on any atom is -0.461 e. The number of rotatable bonds is 7. The smallest absolute Gasteiger partial charge is 0.318 e. The summed E-state index contributed by atoms with van der Waals surface area (Å²) in [7, 11) is 0. The molecule has 1 N–H and O–H groups in total. The quantitative estimate of drug-likeness (QED) is 0.443. The molecule has 41 heavy (non-hydrogen) atoms. The van der Waals surface area contributed by atoms with E-state index < -0.39 is 0 Å². The Morgan fingerprint density at radius 2 is 2.05 bits per heavy atom. The van der Waals surface area contributed by atoms with Crippen molar-refractivity contribution in [3.63, 3.8) is 0 Å². The van der Waals surface area contributed by atoms with Gasteiger partial charge in [0.05, 0.1) is 30.8 Å². The zero-order valence-corrected chi connectivity index (χ0v) is 23.7. The molecular formula is C32H37N7O2. The SMILES string of the molecule is C=CC(=O)N1CCN(c2nc(OC[C@@]3(C)CCCN3)nc3c2CCN(c2cccc4ccccc24)C3)CC1CC#N. The zero-order valence-electron chi connectivity index (χ0n) is 23.7. The molecule has 0 spiro atoms. The summed E-state index contributed by atoms with van der Waals surface area (Å²) in [6.07, 6.45) is 4.56. The predicted octanol–water partition coefficient (Wildman–Crippen LogP) is 3.83. The van der Waals surface area contributed by atoms with E-state index in [0.29, 0.717) is 38.8 Å². The van der Waals surface area contributed by atoms with Gasteiger partial charge in [-0.05, 0) is 50.3 Å². The van der Waals surface area contributed by atoms with E-state index in [1.807, 2.05) is 0 Å². The molecule has 0 aliphatic carbocycles. The fourth-order valence-electron chi connectivity index (χ4n) is 6.44. The van der Waals surface area contributed by atoms with Gasteiger partial charge in [-0.3, -0.25) is 4.79 Å². The Hall–Kier alpha value is -4.16. The molecule has 9 heteroatoms. The maximum atomic E-state index is 12.5. The van der Waals surface area contributed by atoms with Gasteiger partial charge >= 0.3 is 6.01 Å². The number of anilines is 2. The number of nitrogens with one attached hydrogen (secondary N) is 1. The second-order valence-electron chi connectivity index (χ2n) is 11.5. The van der Waals surface area contributed by atoms with Crippen LogP contribution in [0.25, 0.3) is 10.8 Å². The summed E-state index contributed by atoms with van der Waals surface area (Å²) >= 11 is 0. The molecule has 2 saturated heterocycles. The first-order chi connectivity index (χ1) is 20.0. The standard InChI is InChI=1S/C32H37N7O2/c1-3-29(40)39-19-18-38(20-24(39)12-15-33)30-26-13-17-37(28-11-6-9-23-8-4-5-10-25(23)28)21-27(26)35-31(36-30)41-22-32(2)14-7-16-34-32/h3-6,8-11,24,34H,1,7,12-14,16-22H2,2H3/t24?,32-/m1/s1. The van der Waals surface area contributed by atoms with Crippen molar-refractivity contribution in [3.8, 4) is 12.1 Å². The van der Waals surface area contributed by atoms with Crippen LogP contribution in [-0.2, 0) is 17.8 Å². The molecule has 3 aliphatic rings. The van der Waals surface area contributed by atoms with Crippen LogP contribution >= 0.6 is 0 Å². The number of hydrogen-bond acceptors (Lipinski definition) is 8. The predicted molar refractivity (Wildman–Crippen MR) is 160 cm³/mol. The number of amides is 1. The van der Waals surface area contributed by atoms with Crippen LogP contribution in [0.2, 0.25) is 0 Å². The summed E-state index contributed by atoms with van der Waals surface area (Å²) in [5, 5.41) is 15.5. The summed E-state index contributed by atoms with van der Waals surface area (Å²) in [6, 6.07) is 17.3. The van der Waals surface area contributed by atoms with E-state index in [-0.39, 0.29) is 23.9 Å².